The van der Waals surface area contributed by atoms with Crippen LogP contribution in [0.4, 0.5) is 0 Å². The first kappa shape index (κ1) is 33.5. The van der Waals surface area contributed by atoms with E-state index in [9.17, 15) is 5.11 Å². The van der Waals surface area contributed by atoms with Crippen molar-refractivity contribution in [1.29, 1.82) is 0 Å². The molecule has 0 bridgehead atoms. The molecule has 0 spiro atoms. The van der Waals surface area contributed by atoms with Gasteiger partial charge >= 0.3 is 0 Å². The van der Waals surface area contributed by atoms with E-state index in [1.807, 2.05) is 0 Å². The second kappa shape index (κ2) is 12.4. The maximum atomic E-state index is 12.5. The molecule has 6 heteroatoms. The lowest BCUT2D eigenvalue weighted by Gasteiger charge is -2.45. The number of rotatable bonds is 6. The molecule has 0 amide bonds. The molecule has 2 aromatic rings. The van der Waals surface area contributed by atoms with Crippen molar-refractivity contribution in [3.63, 3.8) is 0 Å². The first-order valence-corrected chi connectivity index (χ1v) is 19.8. The maximum absolute atomic E-state index is 12.5. The van der Waals surface area contributed by atoms with Crippen LogP contribution < -0.4 is 0 Å². The monoisotopic (exact) mass is 619 g/mol. The number of fused-ring (bicyclic) bond motifs is 1. The molecule has 3 heterocycles. The minimum absolute atomic E-state index is 0.0449. The average molecular weight is 620 g/mol. The second-order valence-corrected chi connectivity index (χ2v) is 21.5. The second-order valence-electron chi connectivity index (χ2n) is 16.8. The van der Waals surface area contributed by atoms with Gasteiger partial charge in [-0.2, -0.15) is 0 Å². The third-order valence-electron chi connectivity index (χ3n) is 10.6. The van der Waals surface area contributed by atoms with Crippen molar-refractivity contribution >= 4 is 13.9 Å². The highest BCUT2D eigenvalue weighted by molar-refractivity contribution is 6.74. The maximum Gasteiger partial charge on any atom is 0.192 e. The number of nitrogens with zero attached hydrogens (tertiary/aromatic N) is 1. The Morgan fingerprint density at radius 2 is 1.64 bits per heavy atom. The topological polar surface area (TPSA) is 60.8 Å². The molecule has 0 radical (unpaired) electrons. The van der Waals surface area contributed by atoms with E-state index in [0.29, 0.717) is 13.2 Å². The molecule has 1 aromatic carbocycles. The van der Waals surface area contributed by atoms with Crippen LogP contribution in [0, 0.1) is 5.41 Å². The molecule has 44 heavy (non-hydrogen) atoms. The van der Waals surface area contributed by atoms with Crippen molar-refractivity contribution in [1.82, 2.24) is 4.98 Å². The van der Waals surface area contributed by atoms with Gasteiger partial charge in [0.15, 0.2) is 8.32 Å². The SMILES string of the molecule is CC1(C)Cc2nc(C3CCOCC3)c(C(O)c3ccc(C(C)(C)C)cc3)c(C3=CCOCC3)c2[C@@H](O[Si](C)(C)C(C)(C)C)C1. The van der Waals surface area contributed by atoms with Gasteiger partial charge in [-0.05, 0) is 83.3 Å². The fourth-order valence-corrected chi connectivity index (χ4v) is 8.18. The highest BCUT2D eigenvalue weighted by atomic mass is 28.4. The summed E-state index contributed by atoms with van der Waals surface area (Å²) in [4.78, 5) is 5.60. The lowest BCUT2D eigenvalue weighted by Crippen LogP contribution is -2.44. The zero-order valence-electron chi connectivity index (χ0n) is 29.1. The Kier molecular flexibility index (Phi) is 9.45. The van der Waals surface area contributed by atoms with E-state index in [-0.39, 0.29) is 27.9 Å². The lowest BCUT2D eigenvalue weighted by molar-refractivity contribution is 0.0828. The molecule has 242 valence electrons. The van der Waals surface area contributed by atoms with Crippen LogP contribution in [0.15, 0.2) is 30.3 Å². The number of hydrogen-bond acceptors (Lipinski definition) is 5. The number of aliphatic hydroxyl groups excluding tert-OH is 1. The third kappa shape index (κ3) is 6.95. The molecule has 1 saturated heterocycles. The first-order valence-electron chi connectivity index (χ1n) is 16.9. The van der Waals surface area contributed by atoms with E-state index in [2.05, 4.69) is 98.8 Å². The summed E-state index contributed by atoms with van der Waals surface area (Å²) < 4.78 is 19.0. The zero-order valence-corrected chi connectivity index (χ0v) is 30.1. The van der Waals surface area contributed by atoms with E-state index >= 15 is 0 Å². The van der Waals surface area contributed by atoms with E-state index < -0.39 is 14.4 Å². The van der Waals surface area contributed by atoms with E-state index in [0.717, 1.165) is 67.8 Å². The number of benzene rings is 1. The van der Waals surface area contributed by atoms with Crippen molar-refractivity contribution in [3.8, 4) is 0 Å². The van der Waals surface area contributed by atoms with Crippen molar-refractivity contribution in [2.24, 2.45) is 5.41 Å². The molecule has 1 N–H and O–H groups in total. The fourth-order valence-electron chi connectivity index (χ4n) is 6.92. The number of hydrogen-bond donors (Lipinski definition) is 1. The summed E-state index contributed by atoms with van der Waals surface area (Å²) in [6, 6.07) is 8.59. The van der Waals surface area contributed by atoms with Crippen LogP contribution in [0.1, 0.15) is 138 Å². The standard InChI is InChI=1S/C38H57NO4Si/c1-36(2,3)28-13-11-27(12-14-28)35(40)33-31(25-15-19-41-20-16-25)32-29(39-34(33)26-17-21-42-22-18-26)23-38(7,8)24-30(32)43-44(9,10)37(4,5)6/h11-15,26,30,35,40H,16-24H2,1-10H3/t30-,35?/m0/s1. The van der Waals surface area contributed by atoms with Crippen LogP contribution in [-0.4, -0.2) is 44.8 Å². The molecular weight excluding hydrogens is 563 g/mol. The van der Waals surface area contributed by atoms with Gasteiger partial charge in [0.2, 0.25) is 0 Å². The van der Waals surface area contributed by atoms with Crippen LogP contribution >= 0.6 is 0 Å². The van der Waals surface area contributed by atoms with Crippen LogP contribution in [0.5, 0.6) is 0 Å². The summed E-state index contributed by atoms with van der Waals surface area (Å²) in [5.41, 5.74) is 9.17. The molecule has 2 atom stereocenters. The minimum atomic E-state index is -2.13. The highest BCUT2D eigenvalue weighted by Crippen LogP contribution is 2.52. The van der Waals surface area contributed by atoms with Crippen molar-refractivity contribution in [2.45, 2.75) is 129 Å². The van der Waals surface area contributed by atoms with Gasteiger partial charge in [0.25, 0.3) is 0 Å². The summed E-state index contributed by atoms with van der Waals surface area (Å²) in [5, 5.41) is 12.6. The Hall–Kier alpha value is -1.83. The number of aromatic nitrogens is 1. The predicted molar refractivity (Wildman–Crippen MR) is 183 cm³/mol. The Balaban J connectivity index is 1.78. The van der Waals surface area contributed by atoms with Crippen LogP contribution in [-0.2, 0) is 25.7 Å². The predicted octanol–water partition coefficient (Wildman–Crippen LogP) is 9.19. The molecule has 1 fully saturated rings. The quantitative estimate of drug-likeness (QED) is 0.327. The van der Waals surface area contributed by atoms with E-state index in [1.165, 1.54) is 22.3 Å². The van der Waals surface area contributed by atoms with Gasteiger partial charge < -0.3 is 19.0 Å². The summed E-state index contributed by atoms with van der Waals surface area (Å²) in [6.07, 6.45) is 5.89. The number of ether oxygens (including phenoxy) is 2. The lowest BCUT2D eigenvalue weighted by atomic mass is 9.70. The summed E-state index contributed by atoms with van der Waals surface area (Å²) >= 11 is 0. The summed E-state index contributed by atoms with van der Waals surface area (Å²) in [6.45, 7) is 25.8. The van der Waals surface area contributed by atoms with Gasteiger partial charge in [-0.25, -0.2) is 0 Å². The van der Waals surface area contributed by atoms with Gasteiger partial charge in [0.1, 0.15) is 6.10 Å². The van der Waals surface area contributed by atoms with Gasteiger partial charge in [-0.3, -0.25) is 4.98 Å². The Morgan fingerprint density at radius 3 is 2.20 bits per heavy atom. The van der Waals surface area contributed by atoms with Crippen molar-refractivity contribution < 1.29 is 19.0 Å². The molecular formula is C38H57NO4Si. The molecule has 5 nitrogen and oxygen atoms in total. The summed E-state index contributed by atoms with van der Waals surface area (Å²) in [7, 11) is -2.13. The van der Waals surface area contributed by atoms with Gasteiger partial charge in [0.05, 0.1) is 25.0 Å². The fraction of sp³-hybridized carbons (Fsp3) is 0.658. The number of aliphatic hydroxyl groups is 1. The van der Waals surface area contributed by atoms with E-state index in [1.54, 1.807) is 0 Å². The number of pyridine rings is 1. The summed E-state index contributed by atoms with van der Waals surface area (Å²) in [5.74, 6) is 0.247. The molecule has 0 saturated carbocycles. The Labute approximate surface area is 267 Å². The minimum Gasteiger partial charge on any atom is -0.410 e. The zero-order chi connectivity index (χ0) is 32.1. The molecule has 1 aliphatic carbocycles. The van der Waals surface area contributed by atoms with E-state index in [4.69, 9.17) is 18.9 Å². The highest BCUT2D eigenvalue weighted by Gasteiger charge is 2.45. The molecule has 2 aliphatic heterocycles. The Bertz CT molecular complexity index is 1360. The molecule has 3 aliphatic rings. The molecule has 5 rings (SSSR count). The first-order chi connectivity index (χ1) is 20.5. The van der Waals surface area contributed by atoms with Gasteiger partial charge in [-0.15, -0.1) is 0 Å². The van der Waals surface area contributed by atoms with Crippen LogP contribution in [0.3, 0.4) is 0 Å². The normalized spacial score (nSPS) is 22.3. The van der Waals surface area contributed by atoms with Gasteiger partial charge in [0, 0.05) is 36.0 Å². The third-order valence-corrected chi connectivity index (χ3v) is 15.1. The molecule has 1 aromatic heterocycles. The van der Waals surface area contributed by atoms with Gasteiger partial charge in [-0.1, -0.05) is 85.7 Å². The van der Waals surface area contributed by atoms with Crippen molar-refractivity contribution in [2.75, 3.05) is 26.4 Å². The average Bonchev–Trinajstić information content (AvgIpc) is 2.95. The largest absolute Gasteiger partial charge is 0.410 e. The smallest absolute Gasteiger partial charge is 0.192 e. The molecule has 1 unspecified atom stereocenters. The van der Waals surface area contributed by atoms with Crippen LogP contribution in [0.25, 0.3) is 5.57 Å². The van der Waals surface area contributed by atoms with Crippen molar-refractivity contribution in [3.05, 3.63) is 69.5 Å². The Morgan fingerprint density at radius 1 is 0.977 bits per heavy atom. The van der Waals surface area contributed by atoms with Crippen LogP contribution in [0.2, 0.25) is 18.1 Å².